The van der Waals surface area contributed by atoms with Gasteiger partial charge in [-0.1, -0.05) is 30.0 Å². The number of ether oxygens (including phenoxy) is 2. The number of aromatic nitrogens is 2. The molecule has 0 radical (unpaired) electrons. The summed E-state index contributed by atoms with van der Waals surface area (Å²) >= 11 is 2.94. The lowest BCUT2D eigenvalue weighted by Gasteiger charge is -2.13. The SMILES string of the molecule is CCSc1nnc(NC(=O)C(C)Oc2ccc(OC)cc2)s1. The number of carbonyl (C=O) groups excluding carboxylic acids is 1. The van der Waals surface area contributed by atoms with Crippen LogP contribution in [-0.2, 0) is 4.79 Å². The van der Waals surface area contributed by atoms with Crippen molar-refractivity contribution in [3.05, 3.63) is 24.3 Å². The number of hydrogen-bond acceptors (Lipinski definition) is 7. The van der Waals surface area contributed by atoms with E-state index >= 15 is 0 Å². The molecule has 6 nitrogen and oxygen atoms in total. The van der Waals surface area contributed by atoms with Crippen LogP contribution in [0.3, 0.4) is 0 Å². The minimum absolute atomic E-state index is 0.264. The van der Waals surface area contributed by atoms with Gasteiger partial charge in [0.15, 0.2) is 10.4 Å². The molecule has 0 saturated heterocycles. The third-order valence-corrected chi connectivity index (χ3v) is 4.50. The standard InChI is InChI=1S/C14H17N3O3S2/c1-4-21-14-17-16-13(22-14)15-12(18)9(2)20-11-7-5-10(19-3)6-8-11/h5-9H,4H2,1-3H3,(H,15,16,18). The van der Waals surface area contributed by atoms with Gasteiger partial charge in [-0.15, -0.1) is 10.2 Å². The van der Waals surface area contributed by atoms with Crippen LogP contribution in [0.2, 0.25) is 0 Å². The molecule has 0 aliphatic carbocycles. The number of rotatable bonds is 7. The predicted molar refractivity (Wildman–Crippen MR) is 88.0 cm³/mol. The van der Waals surface area contributed by atoms with Crippen molar-refractivity contribution in [2.45, 2.75) is 24.3 Å². The molecule has 1 N–H and O–H groups in total. The Morgan fingerprint density at radius 3 is 2.64 bits per heavy atom. The molecule has 0 saturated carbocycles. The molecule has 8 heteroatoms. The molecule has 0 aliphatic rings. The summed E-state index contributed by atoms with van der Waals surface area (Å²) in [7, 11) is 1.60. The zero-order valence-corrected chi connectivity index (χ0v) is 14.2. The van der Waals surface area contributed by atoms with Crippen molar-refractivity contribution < 1.29 is 14.3 Å². The van der Waals surface area contributed by atoms with E-state index in [1.54, 1.807) is 50.1 Å². The van der Waals surface area contributed by atoms with Crippen molar-refractivity contribution >= 4 is 34.1 Å². The second-order valence-electron chi connectivity index (χ2n) is 4.23. The summed E-state index contributed by atoms with van der Waals surface area (Å²) in [6.45, 7) is 3.72. The van der Waals surface area contributed by atoms with Crippen LogP contribution in [0.25, 0.3) is 0 Å². The van der Waals surface area contributed by atoms with Crippen LogP contribution in [0.15, 0.2) is 28.6 Å². The van der Waals surface area contributed by atoms with E-state index in [2.05, 4.69) is 15.5 Å². The highest BCUT2D eigenvalue weighted by Gasteiger charge is 2.17. The zero-order valence-electron chi connectivity index (χ0n) is 12.5. The molecule has 0 bridgehead atoms. The van der Waals surface area contributed by atoms with Crippen LogP contribution in [0.4, 0.5) is 5.13 Å². The number of methoxy groups -OCH3 is 1. The Morgan fingerprint density at radius 1 is 1.32 bits per heavy atom. The molecular weight excluding hydrogens is 322 g/mol. The van der Waals surface area contributed by atoms with Crippen molar-refractivity contribution in [1.29, 1.82) is 0 Å². The molecule has 0 aliphatic heterocycles. The van der Waals surface area contributed by atoms with E-state index in [1.165, 1.54) is 11.3 Å². The Labute approximate surface area is 137 Å². The summed E-state index contributed by atoms with van der Waals surface area (Å²) < 4.78 is 11.5. The Morgan fingerprint density at radius 2 is 2.00 bits per heavy atom. The first-order valence-electron chi connectivity index (χ1n) is 6.70. The van der Waals surface area contributed by atoms with Crippen molar-refractivity contribution in [2.24, 2.45) is 0 Å². The smallest absolute Gasteiger partial charge is 0.266 e. The van der Waals surface area contributed by atoms with Gasteiger partial charge in [0.1, 0.15) is 11.5 Å². The molecule has 1 amide bonds. The molecule has 1 atom stereocenters. The van der Waals surface area contributed by atoms with Gasteiger partial charge in [-0.05, 0) is 36.9 Å². The van der Waals surface area contributed by atoms with Crippen LogP contribution >= 0.6 is 23.1 Å². The van der Waals surface area contributed by atoms with Crippen LogP contribution in [0, 0.1) is 0 Å². The first-order valence-corrected chi connectivity index (χ1v) is 8.50. The molecule has 1 heterocycles. The van der Waals surface area contributed by atoms with Crippen LogP contribution in [0.1, 0.15) is 13.8 Å². The van der Waals surface area contributed by atoms with Gasteiger partial charge >= 0.3 is 0 Å². The lowest BCUT2D eigenvalue weighted by Crippen LogP contribution is -2.30. The largest absolute Gasteiger partial charge is 0.497 e. The molecule has 1 unspecified atom stereocenters. The van der Waals surface area contributed by atoms with Crippen LogP contribution in [0.5, 0.6) is 11.5 Å². The highest BCUT2D eigenvalue weighted by Crippen LogP contribution is 2.25. The zero-order chi connectivity index (χ0) is 15.9. The number of nitrogens with one attached hydrogen (secondary N) is 1. The summed E-state index contributed by atoms with van der Waals surface area (Å²) in [4.78, 5) is 12.1. The molecule has 2 aromatic rings. The van der Waals surface area contributed by atoms with Crippen LogP contribution < -0.4 is 14.8 Å². The van der Waals surface area contributed by atoms with Gasteiger partial charge in [0.25, 0.3) is 5.91 Å². The molecule has 1 aromatic heterocycles. The second kappa shape index (κ2) is 8.00. The average Bonchev–Trinajstić information content (AvgIpc) is 2.95. The number of hydrogen-bond donors (Lipinski definition) is 1. The highest BCUT2D eigenvalue weighted by atomic mass is 32.2. The van der Waals surface area contributed by atoms with E-state index in [0.717, 1.165) is 15.8 Å². The van der Waals surface area contributed by atoms with Crippen molar-refractivity contribution in [3.63, 3.8) is 0 Å². The van der Waals surface area contributed by atoms with Crippen molar-refractivity contribution in [3.8, 4) is 11.5 Å². The number of carbonyl (C=O) groups is 1. The van der Waals surface area contributed by atoms with Gasteiger partial charge in [0.2, 0.25) is 5.13 Å². The first kappa shape index (κ1) is 16.6. The van der Waals surface area contributed by atoms with Gasteiger partial charge in [0, 0.05) is 0 Å². The van der Waals surface area contributed by atoms with Gasteiger partial charge in [-0.3, -0.25) is 10.1 Å². The first-order chi connectivity index (χ1) is 10.6. The number of thioether (sulfide) groups is 1. The van der Waals surface area contributed by atoms with Crippen molar-refractivity contribution in [1.82, 2.24) is 10.2 Å². The molecule has 0 fully saturated rings. The monoisotopic (exact) mass is 339 g/mol. The molecule has 22 heavy (non-hydrogen) atoms. The van der Waals surface area contributed by atoms with E-state index < -0.39 is 6.10 Å². The average molecular weight is 339 g/mol. The van der Waals surface area contributed by atoms with Gasteiger partial charge in [-0.25, -0.2) is 0 Å². The van der Waals surface area contributed by atoms with Gasteiger partial charge in [-0.2, -0.15) is 0 Å². The van der Waals surface area contributed by atoms with Crippen LogP contribution in [-0.4, -0.2) is 35.1 Å². The lowest BCUT2D eigenvalue weighted by atomic mass is 10.3. The maximum atomic E-state index is 12.1. The summed E-state index contributed by atoms with van der Waals surface area (Å²) in [5.41, 5.74) is 0. The quantitative estimate of drug-likeness (QED) is 0.617. The van der Waals surface area contributed by atoms with E-state index in [-0.39, 0.29) is 5.91 Å². The molecule has 0 spiro atoms. The fourth-order valence-electron chi connectivity index (χ4n) is 1.56. The number of amides is 1. The number of anilines is 1. The topological polar surface area (TPSA) is 73.3 Å². The fraction of sp³-hybridized carbons (Fsp3) is 0.357. The van der Waals surface area contributed by atoms with E-state index in [4.69, 9.17) is 9.47 Å². The predicted octanol–water partition coefficient (Wildman–Crippen LogP) is 3.06. The number of nitrogens with zero attached hydrogens (tertiary/aromatic N) is 2. The number of benzene rings is 1. The van der Waals surface area contributed by atoms with Gasteiger partial charge < -0.3 is 9.47 Å². The Bertz CT molecular complexity index is 616. The Kier molecular flexibility index (Phi) is 6.02. The normalized spacial score (nSPS) is 11.8. The molecule has 2 rings (SSSR count). The maximum absolute atomic E-state index is 12.1. The maximum Gasteiger partial charge on any atom is 0.266 e. The minimum Gasteiger partial charge on any atom is -0.497 e. The van der Waals surface area contributed by atoms with E-state index in [0.29, 0.717) is 10.9 Å². The summed E-state index contributed by atoms with van der Waals surface area (Å²) in [5, 5.41) is 11.1. The molecule has 118 valence electrons. The molecule has 1 aromatic carbocycles. The highest BCUT2D eigenvalue weighted by molar-refractivity contribution is 8.01. The van der Waals surface area contributed by atoms with E-state index in [9.17, 15) is 4.79 Å². The summed E-state index contributed by atoms with van der Waals surface area (Å²) in [6.07, 6.45) is -0.639. The third kappa shape index (κ3) is 4.60. The molecular formula is C14H17N3O3S2. The third-order valence-electron chi connectivity index (χ3n) is 2.65. The van der Waals surface area contributed by atoms with Crippen molar-refractivity contribution in [2.75, 3.05) is 18.2 Å². The fourth-order valence-corrected chi connectivity index (χ4v) is 3.21. The Hall–Kier alpha value is -1.80. The Balaban J connectivity index is 1.90. The summed E-state index contributed by atoms with van der Waals surface area (Å²) in [6, 6.07) is 7.06. The lowest BCUT2D eigenvalue weighted by molar-refractivity contribution is -0.122. The minimum atomic E-state index is -0.639. The second-order valence-corrected chi connectivity index (χ2v) is 6.72. The van der Waals surface area contributed by atoms with E-state index in [1.807, 2.05) is 6.92 Å². The summed E-state index contributed by atoms with van der Waals surface area (Å²) in [5.74, 6) is 1.99. The van der Waals surface area contributed by atoms with Gasteiger partial charge in [0.05, 0.1) is 7.11 Å².